The van der Waals surface area contributed by atoms with Crippen LogP contribution < -0.4 is 10.2 Å². The quantitative estimate of drug-likeness (QED) is 0.814. The fraction of sp³-hybridized carbons (Fsp3) is 0.722. The van der Waals surface area contributed by atoms with E-state index in [1.165, 1.54) is 0 Å². The summed E-state index contributed by atoms with van der Waals surface area (Å²) in [5.74, 6) is 1.98. The predicted octanol–water partition coefficient (Wildman–Crippen LogP) is 1.64. The Morgan fingerprint density at radius 1 is 1.28 bits per heavy atom. The third-order valence-corrected chi connectivity index (χ3v) is 5.20. The van der Waals surface area contributed by atoms with E-state index in [0.29, 0.717) is 12.5 Å². The summed E-state index contributed by atoms with van der Waals surface area (Å²) in [4.78, 5) is 24.8. The minimum Gasteiger partial charge on any atom is -0.394 e. The molecular formula is C18H29N5O2. The van der Waals surface area contributed by atoms with Crippen LogP contribution in [0.1, 0.15) is 45.4 Å². The molecule has 1 aromatic rings. The summed E-state index contributed by atoms with van der Waals surface area (Å²) >= 11 is 0. The second-order valence-electron chi connectivity index (χ2n) is 6.98. The first-order valence-electron chi connectivity index (χ1n) is 9.45. The van der Waals surface area contributed by atoms with E-state index in [-0.39, 0.29) is 18.6 Å². The molecule has 3 heterocycles. The molecule has 138 valence electrons. The van der Waals surface area contributed by atoms with Crippen LogP contribution in [0.3, 0.4) is 0 Å². The van der Waals surface area contributed by atoms with Crippen molar-refractivity contribution in [3.05, 3.63) is 12.4 Å². The topological polar surface area (TPSA) is 81.6 Å². The Labute approximate surface area is 149 Å². The fourth-order valence-electron chi connectivity index (χ4n) is 3.76. The van der Waals surface area contributed by atoms with Crippen LogP contribution in [0.25, 0.3) is 0 Å². The number of rotatable bonds is 6. The molecule has 1 aromatic heterocycles. The van der Waals surface area contributed by atoms with Gasteiger partial charge in [0.15, 0.2) is 0 Å². The van der Waals surface area contributed by atoms with Crippen molar-refractivity contribution < 1.29 is 9.90 Å². The number of aliphatic hydroxyl groups is 1. The molecule has 0 spiro atoms. The summed E-state index contributed by atoms with van der Waals surface area (Å²) in [5.41, 5.74) is 0. The summed E-state index contributed by atoms with van der Waals surface area (Å²) in [7, 11) is 0. The fourth-order valence-corrected chi connectivity index (χ4v) is 3.76. The number of amides is 1. The van der Waals surface area contributed by atoms with Gasteiger partial charge in [-0.15, -0.1) is 0 Å². The molecule has 2 fully saturated rings. The van der Waals surface area contributed by atoms with Crippen molar-refractivity contribution in [3.63, 3.8) is 0 Å². The molecule has 0 radical (unpaired) electrons. The minimum absolute atomic E-state index is 0.163. The zero-order chi connectivity index (χ0) is 17.6. The van der Waals surface area contributed by atoms with Gasteiger partial charge in [0.1, 0.15) is 18.0 Å². The predicted molar refractivity (Wildman–Crippen MR) is 97.6 cm³/mol. The van der Waals surface area contributed by atoms with Crippen LogP contribution in [-0.2, 0) is 4.79 Å². The van der Waals surface area contributed by atoms with E-state index in [4.69, 9.17) is 0 Å². The maximum absolute atomic E-state index is 12.0. The molecule has 2 aliphatic heterocycles. The smallest absolute Gasteiger partial charge is 0.222 e. The van der Waals surface area contributed by atoms with Gasteiger partial charge in [-0.05, 0) is 32.1 Å². The Hall–Kier alpha value is -1.89. The summed E-state index contributed by atoms with van der Waals surface area (Å²) in [5, 5.41) is 13.0. The molecular weight excluding hydrogens is 318 g/mol. The van der Waals surface area contributed by atoms with Gasteiger partial charge in [-0.1, -0.05) is 6.92 Å². The van der Waals surface area contributed by atoms with Crippen LogP contribution in [0.2, 0.25) is 0 Å². The van der Waals surface area contributed by atoms with Crippen molar-refractivity contribution in [3.8, 4) is 0 Å². The van der Waals surface area contributed by atoms with E-state index in [1.807, 2.05) is 17.9 Å². The number of nitrogens with zero attached hydrogens (tertiary/aromatic N) is 4. The van der Waals surface area contributed by atoms with Gasteiger partial charge in [-0.2, -0.15) is 0 Å². The molecule has 0 saturated carbocycles. The second kappa shape index (κ2) is 8.47. The first-order chi connectivity index (χ1) is 12.2. The lowest BCUT2D eigenvalue weighted by Gasteiger charge is -2.33. The van der Waals surface area contributed by atoms with Crippen LogP contribution in [0, 0.1) is 0 Å². The van der Waals surface area contributed by atoms with Crippen LogP contribution in [0.15, 0.2) is 12.4 Å². The van der Waals surface area contributed by atoms with Gasteiger partial charge in [-0.3, -0.25) is 4.79 Å². The van der Waals surface area contributed by atoms with Crippen molar-refractivity contribution >= 4 is 17.5 Å². The van der Waals surface area contributed by atoms with Crippen molar-refractivity contribution in [1.82, 2.24) is 14.9 Å². The number of nitrogens with one attached hydrogen (secondary N) is 1. The van der Waals surface area contributed by atoms with E-state index >= 15 is 0 Å². The molecule has 2 N–H and O–H groups in total. The molecule has 2 aliphatic rings. The van der Waals surface area contributed by atoms with Crippen LogP contribution in [0.4, 0.5) is 11.6 Å². The van der Waals surface area contributed by atoms with Crippen LogP contribution in [0.5, 0.6) is 0 Å². The number of carbonyl (C=O) groups is 1. The molecule has 1 atom stereocenters. The van der Waals surface area contributed by atoms with Gasteiger partial charge in [0.05, 0.1) is 12.6 Å². The molecule has 2 saturated heterocycles. The lowest BCUT2D eigenvalue weighted by atomic mass is 10.0. The van der Waals surface area contributed by atoms with Gasteiger partial charge in [0, 0.05) is 38.2 Å². The average Bonchev–Trinajstić information content (AvgIpc) is 3.11. The molecule has 1 amide bonds. The number of carbonyl (C=O) groups excluding carboxylic acids is 1. The molecule has 3 rings (SSSR count). The Morgan fingerprint density at radius 3 is 2.80 bits per heavy atom. The normalized spacial score (nSPS) is 21.6. The van der Waals surface area contributed by atoms with Gasteiger partial charge in [0.25, 0.3) is 0 Å². The van der Waals surface area contributed by atoms with Gasteiger partial charge < -0.3 is 20.2 Å². The molecule has 0 bridgehead atoms. The zero-order valence-corrected chi connectivity index (χ0v) is 15.0. The Bertz CT molecular complexity index is 574. The first-order valence-corrected chi connectivity index (χ1v) is 9.45. The summed E-state index contributed by atoms with van der Waals surface area (Å²) in [6, 6.07) is 2.47. The Kier molecular flexibility index (Phi) is 6.07. The summed E-state index contributed by atoms with van der Waals surface area (Å²) < 4.78 is 0. The van der Waals surface area contributed by atoms with Crippen molar-refractivity contribution in [2.45, 2.75) is 57.5 Å². The van der Waals surface area contributed by atoms with E-state index in [2.05, 4.69) is 20.2 Å². The maximum atomic E-state index is 12.0. The van der Waals surface area contributed by atoms with E-state index < -0.39 is 0 Å². The average molecular weight is 347 g/mol. The highest BCUT2D eigenvalue weighted by molar-refractivity contribution is 5.76. The molecule has 0 unspecified atom stereocenters. The highest BCUT2D eigenvalue weighted by atomic mass is 16.3. The van der Waals surface area contributed by atoms with Crippen LogP contribution >= 0.6 is 0 Å². The summed E-state index contributed by atoms with van der Waals surface area (Å²) in [6.07, 6.45) is 7.12. The van der Waals surface area contributed by atoms with Gasteiger partial charge in [0.2, 0.25) is 5.91 Å². The number of hydrogen-bond donors (Lipinski definition) is 2. The third kappa shape index (κ3) is 4.39. The van der Waals surface area contributed by atoms with E-state index in [9.17, 15) is 9.90 Å². The highest BCUT2D eigenvalue weighted by Gasteiger charge is 2.26. The minimum atomic E-state index is 0.163. The molecule has 7 heteroatoms. The van der Waals surface area contributed by atoms with E-state index in [1.54, 1.807) is 6.33 Å². The number of piperidine rings is 1. The van der Waals surface area contributed by atoms with Crippen molar-refractivity contribution in [2.75, 3.05) is 36.5 Å². The largest absolute Gasteiger partial charge is 0.394 e. The number of likely N-dealkylation sites (tertiary alicyclic amines) is 1. The third-order valence-electron chi connectivity index (χ3n) is 5.20. The number of aromatic nitrogens is 2. The van der Waals surface area contributed by atoms with Gasteiger partial charge in [-0.25, -0.2) is 9.97 Å². The highest BCUT2D eigenvalue weighted by Crippen LogP contribution is 2.25. The monoisotopic (exact) mass is 347 g/mol. The summed E-state index contributed by atoms with van der Waals surface area (Å²) in [6.45, 7) is 4.76. The Morgan fingerprint density at radius 2 is 2.08 bits per heavy atom. The van der Waals surface area contributed by atoms with Crippen LogP contribution in [-0.4, -0.2) is 64.2 Å². The first kappa shape index (κ1) is 17.9. The zero-order valence-electron chi connectivity index (χ0n) is 15.0. The lowest BCUT2D eigenvalue weighted by Crippen LogP contribution is -2.42. The molecule has 25 heavy (non-hydrogen) atoms. The standard InChI is InChI=1S/C18H29N5O2/c1-2-4-18(25)22-9-6-14(7-10-22)21-16-11-17(20-13-19-16)23-8-3-5-15(23)12-24/h11,13-15,24H,2-10,12H2,1H3,(H,19,20,21)/t15-/m1/s1. The van der Waals surface area contributed by atoms with Crippen molar-refractivity contribution in [1.29, 1.82) is 0 Å². The Balaban J connectivity index is 1.56. The maximum Gasteiger partial charge on any atom is 0.222 e. The van der Waals surface area contributed by atoms with Gasteiger partial charge >= 0.3 is 0 Å². The molecule has 0 aliphatic carbocycles. The number of anilines is 2. The lowest BCUT2D eigenvalue weighted by molar-refractivity contribution is -0.132. The molecule has 7 nitrogen and oxygen atoms in total. The van der Waals surface area contributed by atoms with E-state index in [0.717, 1.165) is 63.4 Å². The number of aliphatic hydroxyl groups excluding tert-OH is 1. The molecule has 0 aromatic carbocycles. The van der Waals surface area contributed by atoms with Crippen molar-refractivity contribution in [2.24, 2.45) is 0 Å². The SMILES string of the molecule is CCCC(=O)N1CCC(Nc2cc(N3CCC[C@@H]3CO)ncn2)CC1. The second-order valence-corrected chi connectivity index (χ2v) is 6.98. The number of hydrogen-bond acceptors (Lipinski definition) is 6.